The molecule has 19 heavy (non-hydrogen) atoms. The fourth-order valence-corrected chi connectivity index (χ4v) is 2.81. The van der Waals surface area contributed by atoms with Gasteiger partial charge in [-0.1, -0.05) is 60.7 Å². The molecule has 0 bridgehead atoms. The molecule has 1 atom stereocenters. The molecule has 1 N–H and O–H groups in total. The van der Waals surface area contributed by atoms with Crippen molar-refractivity contribution in [3.05, 3.63) is 71.8 Å². The molecular formula is C18H21N. The standard InChI is InChI=1S/C18H21N/c1-14(19-17-12-13-17)18(15-8-4-2-5-9-15)16-10-6-3-7-11-16/h2-11,14,17-19H,12-13H2,1H3. The van der Waals surface area contributed by atoms with Crippen molar-refractivity contribution < 1.29 is 0 Å². The highest BCUT2D eigenvalue weighted by molar-refractivity contribution is 5.34. The minimum Gasteiger partial charge on any atom is -0.311 e. The van der Waals surface area contributed by atoms with E-state index in [-0.39, 0.29) is 0 Å². The topological polar surface area (TPSA) is 12.0 Å². The van der Waals surface area contributed by atoms with E-state index in [9.17, 15) is 0 Å². The number of hydrogen-bond donors (Lipinski definition) is 1. The van der Waals surface area contributed by atoms with Gasteiger partial charge in [-0.25, -0.2) is 0 Å². The highest BCUT2D eigenvalue weighted by atomic mass is 15.0. The highest BCUT2D eigenvalue weighted by Crippen LogP contribution is 2.30. The normalized spacial score (nSPS) is 16.5. The maximum absolute atomic E-state index is 3.75. The molecule has 0 aromatic heterocycles. The van der Waals surface area contributed by atoms with Gasteiger partial charge in [-0.2, -0.15) is 0 Å². The van der Waals surface area contributed by atoms with Gasteiger partial charge >= 0.3 is 0 Å². The van der Waals surface area contributed by atoms with E-state index >= 15 is 0 Å². The Hall–Kier alpha value is -1.60. The van der Waals surface area contributed by atoms with Gasteiger partial charge in [0.15, 0.2) is 0 Å². The summed E-state index contributed by atoms with van der Waals surface area (Å²) in [6.07, 6.45) is 2.67. The second-order valence-electron chi connectivity index (χ2n) is 5.53. The summed E-state index contributed by atoms with van der Waals surface area (Å²) in [5.41, 5.74) is 2.80. The number of hydrogen-bond acceptors (Lipinski definition) is 1. The van der Waals surface area contributed by atoms with Crippen LogP contribution in [0.2, 0.25) is 0 Å². The molecule has 0 saturated heterocycles. The molecule has 0 radical (unpaired) electrons. The fraction of sp³-hybridized carbons (Fsp3) is 0.333. The molecular weight excluding hydrogens is 230 g/mol. The number of nitrogens with one attached hydrogen (secondary N) is 1. The molecule has 0 spiro atoms. The predicted octanol–water partition coefficient (Wildman–Crippen LogP) is 3.96. The molecule has 1 aliphatic rings. The number of rotatable bonds is 5. The summed E-state index contributed by atoms with van der Waals surface area (Å²) in [7, 11) is 0. The van der Waals surface area contributed by atoms with Crippen LogP contribution in [0.15, 0.2) is 60.7 Å². The van der Waals surface area contributed by atoms with E-state index in [1.807, 2.05) is 0 Å². The van der Waals surface area contributed by atoms with Crippen LogP contribution >= 0.6 is 0 Å². The van der Waals surface area contributed by atoms with Gasteiger partial charge in [0.05, 0.1) is 0 Å². The first-order valence-electron chi connectivity index (χ1n) is 7.20. The van der Waals surface area contributed by atoms with Crippen molar-refractivity contribution in [3.8, 4) is 0 Å². The monoisotopic (exact) mass is 251 g/mol. The first-order valence-corrected chi connectivity index (χ1v) is 7.20. The van der Waals surface area contributed by atoms with Crippen LogP contribution in [-0.2, 0) is 0 Å². The van der Waals surface area contributed by atoms with E-state index in [1.165, 1.54) is 24.0 Å². The summed E-state index contributed by atoms with van der Waals surface area (Å²) in [6, 6.07) is 22.9. The van der Waals surface area contributed by atoms with Crippen LogP contribution in [0.1, 0.15) is 36.8 Å². The first kappa shape index (κ1) is 12.4. The lowest BCUT2D eigenvalue weighted by atomic mass is 9.86. The maximum Gasteiger partial charge on any atom is 0.0240 e. The second kappa shape index (κ2) is 5.58. The maximum atomic E-state index is 3.75. The predicted molar refractivity (Wildman–Crippen MR) is 80.3 cm³/mol. The zero-order valence-electron chi connectivity index (χ0n) is 11.4. The second-order valence-corrected chi connectivity index (χ2v) is 5.53. The van der Waals surface area contributed by atoms with Crippen molar-refractivity contribution in [1.82, 2.24) is 5.32 Å². The van der Waals surface area contributed by atoms with Crippen molar-refractivity contribution in [1.29, 1.82) is 0 Å². The molecule has 1 unspecified atom stereocenters. The molecule has 2 aromatic carbocycles. The van der Waals surface area contributed by atoms with Crippen LogP contribution in [0.4, 0.5) is 0 Å². The minimum atomic E-state index is 0.433. The van der Waals surface area contributed by atoms with Gasteiger partial charge in [0, 0.05) is 18.0 Å². The van der Waals surface area contributed by atoms with Crippen LogP contribution in [0.5, 0.6) is 0 Å². The fourth-order valence-electron chi connectivity index (χ4n) is 2.81. The lowest BCUT2D eigenvalue weighted by Gasteiger charge is -2.26. The Labute approximate surface area is 115 Å². The molecule has 0 aliphatic heterocycles. The van der Waals surface area contributed by atoms with Gasteiger partial charge in [-0.15, -0.1) is 0 Å². The Bertz CT molecular complexity index is 462. The van der Waals surface area contributed by atoms with Crippen LogP contribution in [-0.4, -0.2) is 12.1 Å². The van der Waals surface area contributed by atoms with Crippen LogP contribution in [0.3, 0.4) is 0 Å². The summed E-state index contributed by atoms with van der Waals surface area (Å²) < 4.78 is 0. The molecule has 2 aromatic rings. The summed E-state index contributed by atoms with van der Waals surface area (Å²) in [4.78, 5) is 0. The average Bonchev–Trinajstić information content (AvgIpc) is 3.25. The average molecular weight is 251 g/mol. The van der Waals surface area contributed by atoms with E-state index in [2.05, 4.69) is 72.9 Å². The van der Waals surface area contributed by atoms with Gasteiger partial charge in [-0.05, 0) is 30.9 Å². The zero-order chi connectivity index (χ0) is 13.1. The van der Waals surface area contributed by atoms with Gasteiger partial charge < -0.3 is 5.32 Å². The van der Waals surface area contributed by atoms with E-state index in [0.717, 1.165) is 6.04 Å². The lowest BCUT2D eigenvalue weighted by molar-refractivity contribution is 0.496. The third-order valence-corrected chi connectivity index (χ3v) is 3.89. The molecule has 1 fully saturated rings. The minimum absolute atomic E-state index is 0.433. The van der Waals surface area contributed by atoms with E-state index in [1.54, 1.807) is 0 Å². The van der Waals surface area contributed by atoms with Crippen LogP contribution in [0, 0.1) is 0 Å². The van der Waals surface area contributed by atoms with Crippen LogP contribution < -0.4 is 5.32 Å². The quantitative estimate of drug-likeness (QED) is 0.848. The van der Waals surface area contributed by atoms with Crippen molar-refractivity contribution in [2.24, 2.45) is 0 Å². The van der Waals surface area contributed by atoms with Crippen molar-refractivity contribution in [2.45, 2.75) is 37.8 Å². The molecule has 98 valence electrons. The summed E-state index contributed by atoms with van der Waals surface area (Å²) in [5.74, 6) is 0.433. The smallest absolute Gasteiger partial charge is 0.0240 e. The number of benzene rings is 2. The lowest BCUT2D eigenvalue weighted by Crippen LogP contribution is -2.34. The van der Waals surface area contributed by atoms with Gasteiger partial charge in [-0.3, -0.25) is 0 Å². The molecule has 1 nitrogen and oxygen atoms in total. The summed E-state index contributed by atoms with van der Waals surface area (Å²) in [5, 5.41) is 3.75. The van der Waals surface area contributed by atoms with Crippen molar-refractivity contribution >= 4 is 0 Å². The third kappa shape index (κ3) is 3.05. The Morgan fingerprint density at radius 1 is 0.842 bits per heavy atom. The zero-order valence-corrected chi connectivity index (χ0v) is 11.4. The first-order chi connectivity index (χ1) is 9.34. The molecule has 1 saturated carbocycles. The Morgan fingerprint density at radius 3 is 1.74 bits per heavy atom. The van der Waals surface area contributed by atoms with E-state index in [0.29, 0.717) is 12.0 Å². The summed E-state index contributed by atoms with van der Waals surface area (Å²) >= 11 is 0. The van der Waals surface area contributed by atoms with Gasteiger partial charge in [0.25, 0.3) is 0 Å². The van der Waals surface area contributed by atoms with Crippen molar-refractivity contribution in [3.63, 3.8) is 0 Å². The SMILES string of the molecule is CC(NC1CC1)C(c1ccccc1)c1ccccc1. The van der Waals surface area contributed by atoms with Gasteiger partial charge in [0.1, 0.15) is 0 Å². The molecule has 1 heteroatoms. The Balaban J connectivity index is 1.90. The third-order valence-electron chi connectivity index (χ3n) is 3.89. The van der Waals surface area contributed by atoms with E-state index in [4.69, 9.17) is 0 Å². The Kier molecular flexibility index (Phi) is 3.65. The highest BCUT2D eigenvalue weighted by Gasteiger charge is 2.28. The molecule has 0 amide bonds. The van der Waals surface area contributed by atoms with Crippen molar-refractivity contribution in [2.75, 3.05) is 0 Å². The Morgan fingerprint density at radius 2 is 1.32 bits per heavy atom. The van der Waals surface area contributed by atoms with Gasteiger partial charge in [0.2, 0.25) is 0 Å². The van der Waals surface area contributed by atoms with E-state index < -0.39 is 0 Å². The molecule has 0 heterocycles. The summed E-state index contributed by atoms with van der Waals surface area (Å²) in [6.45, 7) is 2.31. The largest absolute Gasteiger partial charge is 0.311 e. The molecule has 3 rings (SSSR count). The van der Waals surface area contributed by atoms with Crippen LogP contribution in [0.25, 0.3) is 0 Å². The molecule has 1 aliphatic carbocycles.